The molecule has 0 spiro atoms. The average molecular weight is 299 g/mol. The molecule has 109 valence electrons. The van der Waals surface area contributed by atoms with Crippen molar-refractivity contribution in [3.63, 3.8) is 0 Å². The second kappa shape index (κ2) is 7.86. The molecule has 21 heavy (non-hydrogen) atoms. The van der Waals surface area contributed by atoms with Gasteiger partial charge >= 0.3 is 0 Å². The Hall–Kier alpha value is -1.78. The van der Waals surface area contributed by atoms with E-state index >= 15 is 0 Å². The molecule has 1 unspecified atom stereocenters. The standard InChI is InChI=1S/C17H19N2OS/c1-19(2)15-10-8-14(9-11-15)12-18-17(13-20)21-16-6-4-3-5-7-16/h4-11,13,17-18H,12H2,1-2H3. The summed E-state index contributed by atoms with van der Waals surface area (Å²) < 4.78 is 0. The maximum Gasteiger partial charge on any atom is 0.147 e. The van der Waals surface area contributed by atoms with E-state index in [1.165, 1.54) is 17.4 Å². The number of rotatable bonds is 7. The summed E-state index contributed by atoms with van der Waals surface area (Å²) in [4.78, 5) is 14.3. The zero-order chi connectivity index (χ0) is 15.1. The number of anilines is 1. The fourth-order valence-electron chi connectivity index (χ4n) is 1.84. The Morgan fingerprint density at radius 2 is 1.86 bits per heavy atom. The van der Waals surface area contributed by atoms with Crippen LogP contribution in [0.15, 0.2) is 53.4 Å². The van der Waals surface area contributed by atoms with E-state index in [2.05, 4.69) is 40.5 Å². The van der Waals surface area contributed by atoms with Crippen molar-refractivity contribution in [2.24, 2.45) is 0 Å². The van der Waals surface area contributed by atoms with Gasteiger partial charge in [-0.3, -0.25) is 5.32 Å². The first-order valence-electron chi connectivity index (χ1n) is 6.77. The van der Waals surface area contributed by atoms with Crippen LogP contribution in [-0.4, -0.2) is 25.8 Å². The predicted octanol–water partition coefficient (Wildman–Crippen LogP) is 2.96. The molecule has 2 aromatic carbocycles. The first-order chi connectivity index (χ1) is 10.2. The first-order valence-corrected chi connectivity index (χ1v) is 7.65. The zero-order valence-corrected chi connectivity index (χ0v) is 13.1. The molecule has 1 N–H and O–H groups in total. The molecule has 0 aromatic heterocycles. The van der Waals surface area contributed by atoms with Gasteiger partial charge in [0.1, 0.15) is 11.7 Å². The van der Waals surface area contributed by atoms with Crippen LogP contribution < -0.4 is 10.2 Å². The molecule has 0 bridgehead atoms. The number of hydrogen-bond acceptors (Lipinski definition) is 4. The number of nitrogens with zero attached hydrogens (tertiary/aromatic N) is 1. The summed E-state index contributed by atoms with van der Waals surface area (Å²) in [7, 11) is 4.03. The van der Waals surface area contributed by atoms with Crippen molar-refractivity contribution >= 4 is 23.7 Å². The maximum atomic E-state index is 11.2. The molecule has 0 saturated carbocycles. The van der Waals surface area contributed by atoms with Gasteiger partial charge in [0.15, 0.2) is 0 Å². The van der Waals surface area contributed by atoms with Crippen LogP contribution in [0.4, 0.5) is 5.69 Å². The largest absolute Gasteiger partial charge is 0.378 e. The predicted molar refractivity (Wildman–Crippen MR) is 88.6 cm³/mol. The smallest absolute Gasteiger partial charge is 0.147 e. The van der Waals surface area contributed by atoms with Crippen molar-refractivity contribution in [3.05, 3.63) is 60.2 Å². The Bertz CT molecular complexity index is 555. The Morgan fingerprint density at radius 1 is 1.19 bits per heavy atom. The van der Waals surface area contributed by atoms with Gasteiger partial charge in [0.05, 0.1) is 0 Å². The van der Waals surface area contributed by atoms with Crippen LogP contribution in [0.25, 0.3) is 0 Å². The lowest BCUT2D eigenvalue weighted by molar-refractivity contribution is -0.107. The summed E-state index contributed by atoms with van der Waals surface area (Å²) in [5, 5.41) is 3.00. The minimum Gasteiger partial charge on any atom is -0.378 e. The first kappa shape index (κ1) is 15.6. The number of thioether (sulfide) groups is 1. The monoisotopic (exact) mass is 299 g/mol. The lowest BCUT2D eigenvalue weighted by Crippen LogP contribution is -2.26. The molecule has 0 saturated heterocycles. The summed E-state index contributed by atoms with van der Waals surface area (Å²) in [6.07, 6.45) is 0.940. The van der Waals surface area contributed by atoms with Gasteiger partial charge in [-0.25, -0.2) is 0 Å². The quantitative estimate of drug-likeness (QED) is 0.484. The van der Waals surface area contributed by atoms with Crippen molar-refractivity contribution in [2.45, 2.75) is 16.8 Å². The highest BCUT2D eigenvalue weighted by molar-refractivity contribution is 8.00. The van der Waals surface area contributed by atoms with Crippen LogP contribution in [0.3, 0.4) is 0 Å². The van der Waals surface area contributed by atoms with E-state index < -0.39 is 0 Å². The minimum atomic E-state index is -0.249. The highest BCUT2D eigenvalue weighted by atomic mass is 32.2. The van der Waals surface area contributed by atoms with E-state index in [0.29, 0.717) is 6.54 Å². The van der Waals surface area contributed by atoms with Gasteiger partial charge in [0.2, 0.25) is 0 Å². The van der Waals surface area contributed by atoms with Crippen LogP contribution in [0.2, 0.25) is 0 Å². The molecular formula is C17H19N2OS. The zero-order valence-electron chi connectivity index (χ0n) is 12.2. The van der Waals surface area contributed by atoms with E-state index in [1.807, 2.05) is 38.4 Å². The molecule has 0 amide bonds. The molecule has 1 atom stereocenters. The normalized spacial score (nSPS) is 11.9. The molecular weight excluding hydrogens is 280 g/mol. The summed E-state index contributed by atoms with van der Waals surface area (Å²) in [5.41, 5.74) is 2.33. The van der Waals surface area contributed by atoms with Crippen molar-refractivity contribution in [3.8, 4) is 0 Å². The molecule has 0 aliphatic carbocycles. The van der Waals surface area contributed by atoms with Crippen molar-refractivity contribution < 1.29 is 4.79 Å². The summed E-state index contributed by atoms with van der Waals surface area (Å²) in [6, 6.07) is 18.9. The molecule has 0 aliphatic heterocycles. The number of nitrogens with one attached hydrogen (secondary N) is 1. The number of carbonyl (C=O) groups excluding carboxylic acids is 1. The lowest BCUT2D eigenvalue weighted by atomic mass is 10.2. The number of benzene rings is 2. The third-order valence-corrected chi connectivity index (χ3v) is 4.11. The van der Waals surface area contributed by atoms with E-state index in [4.69, 9.17) is 0 Å². The Morgan fingerprint density at radius 3 is 2.43 bits per heavy atom. The Balaban J connectivity index is 1.89. The fraction of sp³-hybridized carbons (Fsp3) is 0.235. The number of aldehydes is 1. The van der Waals surface area contributed by atoms with Gasteiger partial charge in [0, 0.05) is 31.2 Å². The number of carbonyl (C=O) groups is 1. The average Bonchev–Trinajstić information content (AvgIpc) is 2.52. The van der Waals surface area contributed by atoms with Gasteiger partial charge in [-0.15, -0.1) is 0 Å². The van der Waals surface area contributed by atoms with Crippen LogP contribution in [-0.2, 0) is 11.3 Å². The van der Waals surface area contributed by atoms with Crippen LogP contribution in [0, 0.1) is 6.07 Å². The minimum absolute atomic E-state index is 0.249. The van der Waals surface area contributed by atoms with Gasteiger partial charge in [-0.1, -0.05) is 36.0 Å². The third-order valence-electron chi connectivity index (χ3n) is 3.03. The molecule has 2 rings (SSSR count). The third kappa shape index (κ3) is 4.92. The Kier molecular flexibility index (Phi) is 5.84. The SMILES string of the molecule is CN(C)c1ccc(CNC(C=O)Sc2cc[c]cc2)cc1. The molecule has 0 fully saturated rings. The maximum absolute atomic E-state index is 11.2. The van der Waals surface area contributed by atoms with Crippen molar-refractivity contribution in [1.29, 1.82) is 0 Å². The van der Waals surface area contributed by atoms with E-state index in [9.17, 15) is 4.79 Å². The molecule has 4 heteroatoms. The second-order valence-electron chi connectivity index (χ2n) is 4.85. The van der Waals surface area contributed by atoms with Crippen LogP contribution >= 0.6 is 11.8 Å². The summed E-state index contributed by atoms with van der Waals surface area (Å²) in [5.74, 6) is 0. The highest BCUT2D eigenvalue weighted by Gasteiger charge is 2.08. The van der Waals surface area contributed by atoms with Crippen molar-refractivity contribution in [2.75, 3.05) is 19.0 Å². The second-order valence-corrected chi connectivity index (χ2v) is 6.07. The lowest BCUT2D eigenvalue weighted by Gasteiger charge is -2.14. The topological polar surface area (TPSA) is 32.3 Å². The van der Waals surface area contributed by atoms with E-state index in [1.54, 1.807) is 0 Å². The summed E-state index contributed by atoms with van der Waals surface area (Å²) >= 11 is 1.51. The van der Waals surface area contributed by atoms with Gasteiger partial charge in [-0.2, -0.15) is 0 Å². The fourth-order valence-corrected chi connectivity index (χ4v) is 2.65. The molecule has 0 aliphatic rings. The highest BCUT2D eigenvalue weighted by Crippen LogP contribution is 2.20. The van der Waals surface area contributed by atoms with Gasteiger partial charge in [-0.05, 0) is 35.9 Å². The molecule has 0 heterocycles. The van der Waals surface area contributed by atoms with Crippen LogP contribution in [0.5, 0.6) is 0 Å². The van der Waals surface area contributed by atoms with E-state index in [-0.39, 0.29) is 5.37 Å². The van der Waals surface area contributed by atoms with Gasteiger partial charge in [0.25, 0.3) is 0 Å². The molecule has 1 radical (unpaired) electrons. The van der Waals surface area contributed by atoms with E-state index in [0.717, 1.165) is 16.7 Å². The van der Waals surface area contributed by atoms with Crippen molar-refractivity contribution in [1.82, 2.24) is 5.32 Å². The summed E-state index contributed by atoms with van der Waals surface area (Å²) in [6.45, 7) is 0.670. The van der Waals surface area contributed by atoms with Crippen LogP contribution in [0.1, 0.15) is 5.56 Å². The van der Waals surface area contributed by atoms with Gasteiger partial charge < -0.3 is 9.69 Å². The molecule has 2 aromatic rings. The number of hydrogen-bond donors (Lipinski definition) is 1. The molecule has 3 nitrogen and oxygen atoms in total. The Labute approximate surface area is 130 Å².